The standard InChI is InChI=1S/C15H15FN2O2/c1-2-3-8-17-9-10-18(15(20)14(17)19)11-12-4-6-13(16)7-5-12/h2,4-7,9-10H,1,3,8,11H2. The molecule has 4 nitrogen and oxygen atoms in total. The van der Waals surface area contributed by atoms with Crippen LogP contribution in [0.25, 0.3) is 0 Å². The van der Waals surface area contributed by atoms with Gasteiger partial charge in [-0.15, -0.1) is 6.58 Å². The molecule has 20 heavy (non-hydrogen) atoms. The van der Waals surface area contributed by atoms with E-state index < -0.39 is 11.1 Å². The van der Waals surface area contributed by atoms with E-state index in [-0.39, 0.29) is 12.4 Å². The minimum atomic E-state index is -0.583. The quantitative estimate of drug-likeness (QED) is 0.616. The van der Waals surface area contributed by atoms with Gasteiger partial charge in [0.25, 0.3) is 0 Å². The van der Waals surface area contributed by atoms with Crippen molar-refractivity contribution < 1.29 is 4.39 Å². The monoisotopic (exact) mass is 274 g/mol. The Morgan fingerprint density at radius 3 is 2.30 bits per heavy atom. The molecule has 5 heteroatoms. The molecule has 0 aliphatic heterocycles. The van der Waals surface area contributed by atoms with E-state index in [9.17, 15) is 14.0 Å². The van der Waals surface area contributed by atoms with E-state index in [1.165, 1.54) is 21.3 Å². The molecule has 0 fully saturated rings. The number of aromatic nitrogens is 2. The van der Waals surface area contributed by atoms with Gasteiger partial charge in [-0.1, -0.05) is 18.2 Å². The zero-order valence-corrected chi connectivity index (χ0v) is 11.0. The summed E-state index contributed by atoms with van der Waals surface area (Å²) >= 11 is 0. The maximum atomic E-state index is 12.8. The predicted molar refractivity (Wildman–Crippen MR) is 75.3 cm³/mol. The molecule has 0 N–H and O–H groups in total. The molecule has 0 aliphatic carbocycles. The summed E-state index contributed by atoms with van der Waals surface area (Å²) in [6.07, 6.45) is 5.46. The summed E-state index contributed by atoms with van der Waals surface area (Å²) in [5.74, 6) is -0.332. The number of rotatable bonds is 5. The molecule has 0 saturated heterocycles. The molecule has 104 valence electrons. The van der Waals surface area contributed by atoms with Crippen molar-refractivity contribution in [1.82, 2.24) is 9.13 Å². The Kier molecular flexibility index (Phi) is 4.30. The van der Waals surface area contributed by atoms with Gasteiger partial charge in [0.05, 0.1) is 6.54 Å². The van der Waals surface area contributed by atoms with E-state index >= 15 is 0 Å². The SMILES string of the molecule is C=CCCn1ccn(Cc2ccc(F)cc2)c(=O)c1=O. The van der Waals surface area contributed by atoms with Crippen molar-refractivity contribution in [3.05, 3.63) is 81.4 Å². The van der Waals surface area contributed by atoms with E-state index in [0.29, 0.717) is 13.0 Å². The van der Waals surface area contributed by atoms with Crippen LogP contribution in [0.1, 0.15) is 12.0 Å². The highest BCUT2D eigenvalue weighted by molar-refractivity contribution is 5.16. The lowest BCUT2D eigenvalue weighted by Gasteiger charge is -2.08. The summed E-state index contributed by atoms with van der Waals surface area (Å²) in [4.78, 5) is 23.8. The van der Waals surface area contributed by atoms with Gasteiger partial charge in [0, 0.05) is 18.9 Å². The van der Waals surface area contributed by atoms with E-state index in [4.69, 9.17) is 0 Å². The number of hydrogen-bond donors (Lipinski definition) is 0. The smallest absolute Gasteiger partial charge is 0.309 e. The van der Waals surface area contributed by atoms with Crippen LogP contribution in [0.15, 0.2) is 58.9 Å². The molecule has 1 heterocycles. The highest BCUT2D eigenvalue weighted by atomic mass is 19.1. The normalized spacial score (nSPS) is 10.4. The van der Waals surface area contributed by atoms with Crippen molar-refractivity contribution in [2.75, 3.05) is 0 Å². The average Bonchev–Trinajstić information content (AvgIpc) is 2.45. The maximum absolute atomic E-state index is 12.8. The van der Waals surface area contributed by atoms with Crippen LogP contribution >= 0.6 is 0 Å². The summed E-state index contributed by atoms with van der Waals surface area (Å²) in [5, 5.41) is 0. The highest BCUT2D eigenvalue weighted by Gasteiger charge is 2.05. The second kappa shape index (κ2) is 6.14. The van der Waals surface area contributed by atoms with Crippen LogP contribution in [0.3, 0.4) is 0 Å². The molecule has 1 aromatic carbocycles. The van der Waals surface area contributed by atoms with Crippen molar-refractivity contribution in [2.45, 2.75) is 19.5 Å². The highest BCUT2D eigenvalue weighted by Crippen LogP contribution is 2.03. The Labute approximate surface area is 115 Å². The number of hydrogen-bond acceptors (Lipinski definition) is 2. The van der Waals surface area contributed by atoms with Crippen LogP contribution in [-0.4, -0.2) is 9.13 Å². The molecular formula is C15H15FN2O2. The molecular weight excluding hydrogens is 259 g/mol. The first-order valence-electron chi connectivity index (χ1n) is 6.27. The summed E-state index contributed by atoms with van der Waals surface area (Å²) in [6, 6.07) is 5.83. The fourth-order valence-corrected chi connectivity index (χ4v) is 1.86. The van der Waals surface area contributed by atoms with Crippen LogP contribution in [0.4, 0.5) is 4.39 Å². The lowest BCUT2D eigenvalue weighted by atomic mass is 10.2. The Balaban J connectivity index is 2.27. The second-order valence-electron chi connectivity index (χ2n) is 4.43. The Hall–Kier alpha value is -2.43. The summed E-state index contributed by atoms with van der Waals surface area (Å²) < 4.78 is 15.5. The van der Waals surface area contributed by atoms with Gasteiger partial charge in [-0.05, 0) is 24.1 Å². The van der Waals surface area contributed by atoms with Gasteiger partial charge in [0.2, 0.25) is 0 Å². The number of aryl methyl sites for hydroxylation is 1. The second-order valence-corrected chi connectivity index (χ2v) is 4.43. The third-order valence-electron chi connectivity index (χ3n) is 2.97. The number of halogens is 1. The third-order valence-corrected chi connectivity index (χ3v) is 2.97. The molecule has 0 radical (unpaired) electrons. The first-order valence-corrected chi connectivity index (χ1v) is 6.27. The molecule has 0 saturated carbocycles. The lowest BCUT2D eigenvalue weighted by molar-refractivity contribution is 0.620. The number of benzene rings is 1. The maximum Gasteiger partial charge on any atom is 0.316 e. The molecule has 0 unspecified atom stereocenters. The topological polar surface area (TPSA) is 44.0 Å². The molecule has 2 rings (SSSR count). The summed E-state index contributed by atoms with van der Waals surface area (Å²) in [6.45, 7) is 4.27. The molecule has 1 aromatic heterocycles. The average molecular weight is 274 g/mol. The van der Waals surface area contributed by atoms with Gasteiger partial charge in [-0.2, -0.15) is 0 Å². The Bertz CT molecular complexity index is 714. The minimum absolute atomic E-state index is 0.247. The van der Waals surface area contributed by atoms with Crippen LogP contribution in [0.2, 0.25) is 0 Å². The summed E-state index contributed by atoms with van der Waals surface area (Å²) in [7, 11) is 0. The van der Waals surface area contributed by atoms with Crippen molar-refractivity contribution in [2.24, 2.45) is 0 Å². The van der Waals surface area contributed by atoms with Crippen LogP contribution in [0, 0.1) is 5.82 Å². The van der Waals surface area contributed by atoms with Gasteiger partial charge in [0.15, 0.2) is 0 Å². The van der Waals surface area contributed by atoms with Gasteiger partial charge in [-0.3, -0.25) is 9.59 Å². The zero-order valence-electron chi connectivity index (χ0n) is 11.0. The number of allylic oxidation sites excluding steroid dienone is 1. The van der Waals surface area contributed by atoms with Crippen molar-refractivity contribution in [3.8, 4) is 0 Å². The van der Waals surface area contributed by atoms with E-state index in [1.54, 1.807) is 30.6 Å². The largest absolute Gasteiger partial charge is 0.316 e. The molecule has 0 bridgehead atoms. The van der Waals surface area contributed by atoms with Crippen LogP contribution in [0.5, 0.6) is 0 Å². The molecule has 0 atom stereocenters. The molecule has 0 aliphatic rings. The fourth-order valence-electron chi connectivity index (χ4n) is 1.86. The van der Waals surface area contributed by atoms with Gasteiger partial charge in [0.1, 0.15) is 5.82 Å². The first-order chi connectivity index (χ1) is 9.61. The number of nitrogens with zero attached hydrogens (tertiary/aromatic N) is 2. The molecule has 2 aromatic rings. The van der Waals surface area contributed by atoms with E-state index in [0.717, 1.165) is 5.56 Å². The Morgan fingerprint density at radius 1 is 1.05 bits per heavy atom. The minimum Gasteiger partial charge on any atom is -0.309 e. The van der Waals surface area contributed by atoms with Gasteiger partial charge < -0.3 is 9.13 Å². The predicted octanol–water partition coefficient (Wildman–Crippen LogP) is 1.77. The van der Waals surface area contributed by atoms with E-state index in [2.05, 4.69) is 6.58 Å². The molecule has 0 spiro atoms. The van der Waals surface area contributed by atoms with Crippen LogP contribution in [-0.2, 0) is 13.1 Å². The van der Waals surface area contributed by atoms with Crippen molar-refractivity contribution >= 4 is 0 Å². The zero-order chi connectivity index (χ0) is 14.5. The van der Waals surface area contributed by atoms with Crippen LogP contribution < -0.4 is 11.1 Å². The Morgan fingerprint density at radius 2 is 1.65 bits per heavy atom. The lowest BCUT2D eigenvalue weighted by Crippen LogP contribution is -2.40. The van der Waals surface area contributed by atoms with Crippen molar-refractivity contribution in [1.29, 1.82) is 0 Å². The first kappa shape index (κ1) is 14.0. The summed E-state index contributed by atoms with van der Waals surface area (Å²) in [5.41, 5.74) is -0.380. The third kappa shape index (κ3) is 3.12. The molecule has 0 amide bonds. The van der Waals surface area contributed by atoms with Gasteiger partial charge >= 0.3 is 11.1 Å². The van der Waals surface area contributed by atoms with Crippen molar-refractivity contribution in [3.63, 3.8) is 0 Å². The fraction of sp³-hybridized carbons (Fsp3) is 0.200. The van der Waals surface area contributed by atoms with Gasteiger partial charge in [-0.25, -0.2) is 4.39 Å². The van der Waals surface area contributed by atoms with E-state index in [1.807, 2.05) is 0 Å².